The van der Waals surface area contributed by atoms with E-state index < -0.39 is 0 Å². The lowest BCUT2D eigenvalue weighted by atomic mass is 9.93. The zero-order valence-electron chi connectivity index (χ0n) is 10.9. The van der Waals surface area contributed by atoms with Gasteiger partial charge in [0, 0.05) is 11.1 Å². The monoisotopic (exact) mass is 268 g/mol. The quantitative estimate of drug-likeness (QED) is 0.833. The fourth-order valence-corrected chi connectivity index (χ4v) is 1.98. The second kappa shape index (κ2) is 7.39. The first-order chi connectivity index (χ1) is 8.54. The Morgan fingerprint density at radius 2 is 1.94 bits per heavy atom. The van der Waals surface area contributed by atoms with Crippen molar-refractivity contribution >= 4 is 17.5 Å². The summed E-state index contributed by atoms with van der Waals surface area (Å²) in [6, 6.07) is 7.58. The largest absolute Gasteiger partial charge is 0.353 e. The number of hydrogen-bond acceptors (Lipinski definition) is 2. The second-order valence-corrected chi connectivity index (χ2v) is 5.13. The lowest BCUT2D eigenvalue weighted by Gasteiger charge is -2.18. The predicted octanol–water partition coefficient (Wildman–Crippen LogP) is 2.69. The molecule has 0 spiro atoms. The van der Waals surface area contributed by atoms with Crippen LogP contribution in [0, 0.1) is 0 Å². The van der Waals surface area contributed by atoms with Crippen molar-refractivity contribution in [1.29, 1.82) is 0 Å². The molecule has 1 amide bonds. The summed E-state index contributed by atoms with van der Waals surface area (Å²) in [4.78, 5) is 12.2. The molecule has 1 unspecified atom stereocenters. The van der Waals surface area contributed by atoms with Crippen molar-refractivity contribution in [3.05, 3.63) is 34.9 Å². The Balaban J connectivity index is 2.83. The zero-order chi connectivity index (χ0) is 13.5. The molecule has 18 heavy (non-hydrogen) atoms. The molecule has 1 aromatic carbocycles. The first-order valence-electron chi connectivity index (χ1n) is 6.30. The van der Waals surface area contributed by atoms with Crippen LogP contribution >= 0.6 is 11.6 Å². The van der Waals surface area contributed by atoms with Crippen LogP contribution in [0.25, 0.3) is 0 Å². The van der Waals surface area contributed by atoms with Gasteiger partial charge in [-0.3, -0.25) is 4.79 Å². The summed E-state index contributed by atoms with van der Waals surface area (Å²) in [5.41, 5.74) is 6.52. The summed E-state index contributed by atoms with van der Waals surface area (Å²) in [6.07, 6.45) is 1.59. The molecular weight excluding hydrogens is 248 g/mol. The van der Waals surface area contributed by atoms with E-state index in [2.05, 4.69) is 5.32 Å². The Morgan fingerprint density at radius 3 is 2.44 bits per heavy atom. The van der Waals surface area contributed by atoms with Gasteiger partial charge in [0.2, 0.25) is 5.91 Å². The molecule has 1 atom stereocenters. The standard InChI is InChI=1S/C14H21ClN2O/c1-10(2)17-14(18)13(4-3-9-16)11-5-7-12(15)8-6-11/h5-8,10,13H,3-4,9,16H2,1-2H3,(H,17,18). The topological polar surface area (TPSA) is 55.1 Å². The van der Waals surface area contributed by atoms with E-state index in [4.69, 9.17) is 17.3 Å². The van der Waals surface area contributed by atoms with Gasteiger partial charge in [0.1, 0.15) is 0 Å². The molecule has 0 saturated carbocycles. The molecule has 4 heteroatoms. The van der Waals surface area contributed by atoms with Crippen molar-refractivity contribution in [2.24, 2.45) is 5.73 Å². The molecule has 100 valence electrons. The van der Waals surface area contributed by atoms with Crippen LogP contribution in [0.3, 0.4) is 0 Å². The van der Waals surface area contributed by atoms with Gasteiger partial charge in [-0.2, -0.15) is 0 Å². The van der Waals surface area contributed by atoms with Gasteiger partial charge < -0.3 is 11.1 Å². The molecular formula is C14H21ClN2O. The lowest BCUT2D eigenvalue weighted by molar-refractivity contribution is -0.123. The molecule has 1 aromatic rings. The number of rotatable bonds is 6. The van der Waals surface area contributed by atoms with E-state index >= 15 is 0 Å². The van der Waals surface area contributed by atoms with Crippen molar-refractivity contribution in [3.8, 4) is 0 Å². The first kappa shape index (κ1) is 15.0. The predicted molar refractivity (Wildman–Crippen MR) is 75.8 cm³/mol. The van der Waals surface area contributed by atoms with Crippen molar-refractivity contribution in [3.63, 3.8) is 0 Å². The number of hydrogen-bond donors (Lipinski definition) is 2. The Kier molecular flexibility index (Phi) is 6.16. The molecule has 3 N–H and O–H groups in total. The summed E-state index contributed by atoms with van der Waals surface area (Å²) < 4.78 is 0. The highest BCUT2D eigenvalue weighted by Gasteiger charge is 2.20. The maximum Gasteiger partial charge on any atom is 0.227 e. The summed E-state index contributed by atoms with van der Waals surface area (Å²) in [5, 5.41) is 3.63. The van der Waals surface area contributed by atoms with E-state index in [1.165, 1.54) is 0 Å². The van der Waals surface area contributed by atoms with Crippen molar-refractivity contribution in [2.45, 2.75) is 38.6 Å². The van der Waals surface area contributed by atoms with Gasteiger partial charge in [0.25, 0.3) is 0 Å². The SMILES string of the molecule is CC(C)NC(=O)C(CCCN)c1ccc(Cl)cc1. The van der Waals surface area contributed by atoms with Crippen LogP contribution in [0.15, 0.2) is 24.3 Å². The molecule has 0 bridgehead atoms. The molecule has 3 nitrogen and oxygen atoms in total. The van der Waals surface area contributed by atoms with Gasteiger partial charge in [-0.05, 0) is 50.9 Å². The zero-order valence-corrected chi connectivity index (χ0v) is 11.7. The molecule has 0 aromatic heterocycles. The minimum atomic E-state index is -0.145. The van der Waals surface area contributed by atoms with Crippen molar-refractivity contribution in [1.82, 2.24) is 5.32 Å². The summed E-state index contributed by atoms with van der Waals surface area (Å²) in [6.45, 7) is 4.51. The van der Waals surface area contributed by atoms with E-state index in [1.807, 2.05) is 38.1 Å². The fraction of sp³-hybridized carbons (Fsp3) is 0.500. The first-order valence-corrected chi connectivity index (χ1v) is 6.68. The van der Waals surface area contributed by atoms with Gasteiger partial charge in [-0.25, -0.2) is 0 Å². The van der Waals surface area contributed by atoms with Gasteiger partial charge in [-0.1, -0.05) is 23.7 Å². The molecule has 0 radical (unpaired) electrons. The fourth-order valence-electron chi connectivity index (χ4n) is 1.85. The number of carbonyl (C=O) groups excluding carboxylic acids is 1. The summed E-state index contributed by atoms with van der Waals surface area (Å²) in [7, 11) is 0. The summed E-state index contributed by atoms with van der Waals surface area (Å²) in [5.74, 6) is -0.0889. The smallest absolute Gasteiger partial charge is 0.227 e. The molecule has 0 aliphatic carbocycles. The normalized spacial score (nSPS) is 12.5. The summed E-state index contributed by atoms with van der Waals surface area (Å²) >= 11 is 5.86. The Hall–Kier alpha value is -1.06. The average molecular weight is 269 g/mol. The van der Waals surface area contributed by atoms with Crippen LogP contribution in [0.2, 0.25) is 5.02 Å². The number of benzene rings is 1. The van der Waals surface area contributed by atoms with E-state index in [9.17, 15) is 4.79 Å². The number of amides is 1. The highest BCUT2D eigenvalue weighted by Crippen LogP contribution is 2.23. The van der Waals surface area contributed by atoms with Crippen LogP contribution in [-0.2, 0) is 4.79 Å². The highest BCUT2D eigenvalue weighted by molar-refractivity contribution is 6.30. The van der Waals surface area contributed by atoms with Crippen LogP contribution in [0.1, 0.15) is 38.2 Å². The van der Waals surface area contributed by atoms with Gasteiger partial charge >= 0.3 is 0 Å². The second-order valence-electron chi connectivity index (χ2n) is 4.70. The number of nitrogens with one attached hydrogen (secondary N) is 1. The lowest BCUT2D eigenvalue weighted by Crippen LogP contribution is -2.34. The van der Waals surface area contributed by atoms with E-state index in [-0.39, 0.29) is 17.9 Å². The third kappa shape index (κ3) is 4.67. The molecule has 0 fully saturated rings. The third-order valence-corrected chi connectivity index (χ3v) is 2.97. The van der Waals surface area contributed by atoms with E-state index in [0.717, 1.165) is 18.4 Å². The molecule has 0 saturated heterocycles. The Morgan fingerprint density at radius 1 is 1.33 bits per heavy atom. The molecule has 0 aliphatic heterocycles. The maximum atomic E-state index is 12.2. The minimum absolute atomic E-state index is 0.0563. The highest BCUT2D eigenvalue weighted by atomic mass is 35.5. The minimum Gasteiger partial charge on any atom is -0.353 e. The van der Waals surface area contributed by atoms with Crippen LogP contribution in [0.4, 0.5) is 0 Å². The molecule has 0 aliphatic rings. The van der Waals surface area contributed by atoms with Gasteiger partial charge in [0.15, 0.2) is 0 Å². The van der Waals surface area contributed by atoms with Crippen LogP contribution in [0.5, 0.6) is 0 Å². The Bertz CT molecular complexity index is 376. The van der Waals surface area contributed by atoms with E-state index in [0.29, 0.717) is 11.6 Å². The number of carbonyl (C=O) groups is 1. The maximum absolute atomic E-state index is 12.2. The molecule has 1 rings (SSSR count). The van der Waals surface area contributed by atoms with Crippen molar-refractivity contribution in [2.75, 3.05) is 6.54 Å². The van der Waals surface area contributed by atoms with Crippen LogP contribution in [-0.4, -0.2) is 18.5 Å². The Labute approximate surface area is 114 Å². The van der Waals surface area contributed by atoms with Crippen molar-refractivity contribution < 1.29 is 4.79 Å². The van der Waals surface area contributed by atoms with Gasteiger partial charge in [0.05, 0.1) is 5.92 Å². The van der Waals surface area contributed by atoms with E-state index in [1.54, 1.807) is 0 Å². The molecule has 0 heterocycles. The average Bonchev–Trinajstić information content (AvgIpc) is 2.31. The third-order valence-electron chi connectivity index (χ3n) is 2.72. The van der Waals surface area contributed by atoms with Crippen LogP contribution < -0.4 is 11.1 Å². The number of halogens is 1. The number of nitrogens with two attached hydrogens (primary N) is 1. The van der Waals surface area contributed by atoms with Gasteiger partial charge in [-0.15, -0.1) is 0 Å².